The van der Waals surface area contributed by atoms with E-state index in [1.807, 2.05) is 62.5 Å². The largest absolute Gasteiger partial charge is 0.374 e. The summed E-state index contributed by atoms with van der Waals surface area (Å²) in [6.07, 6.45) is 1.86. The Kier molecular flexibility index (Phi) is 8.53. The highest BCUT2D eigenvalue weighted by atomic mass is 16.5. The molecule has 4 atom stereocenters. The van der Waals surface area contributed by atoms with E-state index in [4.69, 9.17) is 10.5 Å². The Morgan fingerprint density at radius 3 is 2.47 bits per heavy atom. The molecule has 0 bridgehead atoms. The van der Waals surface area contributed by atoms with Gasteiger partial charge in [0.15, 0.2) is 0 Å². The molecule has 1 unspecified atom stereocenters. The van der Waals surface area contributed by atoms with E-state index < -0.39 is 22.9 Å². The van der Waals surface area contributed by atoms with E-state index in [1.165, 1.54) is 0 Å². The topological polar surface area (TPSA) is 105 Å². The maximum Gasteiger partial charge on any atom is 0.247 e. The first-order valence-corrected chi connectivity index (χ1v) is 13.5. The molecule has 3 amide bonds. The van der Waals surface area contributed by atoms with Crippen molar-refractivity contribution in [3.05, 3.63) is 71.8 Å². The van der Waals surface area contributed by atoms with E-state index in [0.29, 0.717) is 39.1 Å². The number of likely N-dealkylation sites (tertiary alicyclic amines) is 2. The van der Waals surface area contributed by atoms with Crippen molar-refractivity contribution in [2.45, 2.75) is 57.2 Å². The molecule has 0 aromatic heterocycles. The van der Waals surface area contributed by atoms with E-state index in [9.17, 15) is 14.4 Å². The summed E-state index contributed by atoms with van der Waals surface area (Å²) >= 11 is 0. The number of amides is 3. The predicted molar refractivity (Wildman–Crippen MR) is 146 cm³/mol. The van der Waals surface area contributed by atoms with E-state index in [-0.39, 0.29) is 24.3 Å². The quantitative estimate of drug-likeness (QED) is 0.529. The molecule has 2 saturated heterocycles. The minimum atomic E-state index is -1.11. The molecule has 4 rings (SSSR count). The van der Waals surface area contributed by atoms with Crippen molar-refractivity contribution in [3.8, 4) is 0 Å². The third-order valence-electron chi connectivity index (χ3n) is 8.19. The van der Waals surface area contributed by atoms with Crippen molar-refractivity contribution >= 4 is 17.7 Å². The molecule has 2 aliphatic heterocycles. The number of benzene rings is 2. The number of nitrogens with two attached hydrogens (primary N) is 1. The second kappa shape index (κ2) is 11.7. The van der Waals surface area contributed by atoms with Gasteiger partial charge in [-0.1, -0.05) is 67.6 Å². The van der Waals surface area contributed by atoms with Crippen LogP contribution in [-0.4, -0.2) is 72.4 Å². The van der Waals surface area contributed by atoms with Gasteiger partial charge in [-0.05, 0) is 37.3 Å². The third kappa shape index (κ3) is 5.76. The van der Waals surface area contributed by atoms with E-state index in [2.05, 4.69) is 17.4 Å². The number of likely N-dealkylation sites (N-methyl/N-ethyl adjacent to an activating group) is 1. The van der Waals surface area contributed by atoms with Crippen LogP contribution in [0.1, 0.15) is 50.2 Å². The highest BCUT2D eigenvalue weighted by molar-refractivity contribution is 5.93. The molecule has 2 aliphatic rings. The minimum absolute atomic E-state index is 0.00778. The van der Waals surface area contributed by atoms with E-state index >= 15 is 0 Å². The Balaban J connectivity index is 1.55. The van der Waals surface area contributed by atoms with Crippen molar-refractivity contribution in [1.82, 2.24) is 15.1 Å². The summed E-state index contributed by atoms with van der Waals surface area (Å²) in [5.74, 6) is -0.573. The van der Waals surface area contributed by atoms with Gasteiger partial charge in [0.2, 0.25) is 17.7 Å². The highest BCUT2D eigenvalue weighted by Gasteiger charge is 2.55. The molecule has 2 fully saturated rings. The Labute approximate surface area is 225 Å². The number of rotatable bonds is 9. The van der Waals surface area contributed by atoms with Crippen LogP contribution in [0.15, 0.2) is 60.7 Å². The fraction of sp³-hybridized carbons (Fsp3) is 0.500. The lowest BCUT2D eigenvalue weighted by molar-refractivity contribution is -0.147. The van der Waals surface area contributed by atoms with Gasteiger partial charge in [-0.25, -0.2) is 0 Å². The number of hydrogen-bond donors (Lipinski definition) is 2. The monoisotopic (exact) mass is 520 g/mol. The smallest absolute Gasteiger partial charge is 0.247 e. The highest BCUT2D eigenvalue weighted by Crippen LogP contribution is 2.49. The lowest BCUT2D eigenvalue weighted by Crippen LogP contribution is -2.61. The number of hydrogen-bond acceptors (Lipinski definition) is 5. The van der Waals surface area contributed by atoms with Gasteiger partial charge in [0.1, 0.15) is 6.04 Å². The molecule has 2 aromatic carbocycles. The summed E-state index contributed by atoms with van der Waals surface area (Å²) in [7, 11) is 1.83. The molecule has 0 saturated carbocycles. The summed E-state index contributed by atoms with van der Waals surface area (Å²) in [5, 5.41) is 2.86. The summed E-state index contributed by atoms with van der Waals surface area (Å²) in [5.41, 5.74) is 6.48. The van der Waals surface area contributed by atoms with E-state index in [0.717, 1.165) is 17.5 Å². The molecule has 0 radical (unpaired) electrons. The van der Waals surface area contributed by atoms with Gasteiger partial charge in [-0.15, -0.1) is 0 Å². The Hall–Kier alpha value is -3.23. The van der Waals surface area contributed by atoms with Crippen molar-refractivity contribution in [2.75, 3.05) is 33.3 Å². The lowest BCUT2D eigenvalue weighted by atomic mass is 9.69. The van der Waals surface area contributed by atoms with Crippen LogP contribution in [-0.2, 0) is 25.7 Å². The zero-order valence-electron chi connectivity index (χ0n) is 22.7. The van der Waals surface area contributed by atoms with Gasteiger partial charge < -0.3 is 25.6 Å². The maximum absolute atomic E-state index is 13.9. The zero-order valence-corrected chi connectivity index (χ0v) is 22.7. The standard InChI is InChI=1S/C30H40N4O4/c1-4-29(2,31)27(36)32-25(20-38-19-22-12-7-5-8-13-22)26(35)34-17-11-16-30(21-34)24(18-33(3)28(30)37)23-14-9-6-10-15-23/h5-10,12-15,24-25H,4,11,16-21,31H2,1-3H3,(H,32,36)/t24-,25+,29+,30?/m0/s1. The van der Waals surface area contributed by atoms with Gasteiger partial charge in [-0.3, -0.25) is 14.4 Å². The predicted octanol–water partition coefficient (Wildman–Crippen LogP) is 2.68. The SMILES string of the molecule is CC[C@@](C)(N)C(=O)N[C@H](COCc1ccccc1)C(=O)N1CCCC2(C1)C(=O)N(C)C[C@H]2c1ccccc1. The molecule has 1 spiro atoms. The zero-order chi connectivity index (χ0) is 27.3. The van der Waals surface area contributed by atoms with Gasteiger partial charge in [0, 0.05) is 32.6 Å². The average molecular weight is 521 g/mol. The van der Waals surface area contributed by atoms with Crippen molar-refractivity contribution < 1.29 is 19.1 Å². The fourth-order valence-electron chi connectivity index (χ4n) is 5.65. The molecule has 2 heterocycles. The minimum Gasteiger partial charge on any atom is -0.374 e. The van der Waals surface area contributed by atoms with Crippen molar-refractivity contribution in [2.24, 2.45) is 11.1 Å². The Bertz CT molecular complexity index is 1120. The number of nitrogens with one attached hydrogen (secondary N) is 1. The second-order valence-corrected chi connectivity index (χ2v) is 11.0. The maximum atomic E-state index is 13.9. The molecule has 3 N–H and O–H groups in total. The number of nitrogens with zero attached hydrogens (tertiary/aromatic N) is 2. The molecule has 204 valence electrons. The van der Waals surface area contributed by atoms with Crippen molar-refractivity contribution in [3.63, 3.8) is 0 Å². The number of ether oxygens (including phenoxy) is 1. The van der Waals surface area contributed by atoms with Gasteiger partial charge >= 0.3 is 0 Å². The molecular formula is C30H40N4O4. The number of piperidine rings is 1. The number of carbonyl (C=O) groups is 3. The van der Waals surface area contributed by atoms with Gasteiger partial charge in [0.05, 0.1) is 24.2 Å². The van der Waals surface area contributed by atoms with Crippen LogP contribution >= 0.6 is 0 Å². The molecule has 38 heavy (non-hydrogen) atoms. The molecule has 8 nitrogen and oxygen atoms in total. The fourth-order valence-corrected chi connectivity index (χ4v) is 5.65. The number of carbonyl (C=O) groups excluding carboxylic acids is 3. The summed E-state index contributed by atoms with van der Waals surface area (Å²) < 4.78 is 5.91. The van der Waals surface area contributed by atoms with Gasteiger partial charge in [-0.2, -0.15) is 0 Å². The third-order valence-corrected chi connectivity index (χ3v) is 8.19. The lowest BCUT2D eigenvalue weighted by Gasteiger charge is -2.43. The van der Waals surface area contributed by atoms with Crippen LogP contribution in [0.3, 0.4) is 0 Å². The van der Waals surface area contributed by atoms with Crippen LogP contribution in [0.4, 0.5) is 0 Å². The first-order chi connectivity index (χ1) is 18.2. The van der Waals surface area contributed by atoms with E-state index in [1.54, 1.807) is 16.7 Å². The molecule has 2 aromatic rings. The van der Waals surface area contributed by atoms with Crippen LogP contribution in [0.25, 0.3) is 0 Å². The second-order valence-electron chi connectivity index (χ2n) is 11.0. The Morgan fingerprint density at radius 1 is 1.16 bits per heavy atom. The summed E-state index contributed by atoms with van der Waals surface area (Å²) in [4.78, 5) is 44.0. The van der Waals surface area contributed by atoms with Gasteiger partial charge in [0.25, 0.3) is 0 Å². The first kappa shape index (κ1) is 27.8. The van der Waals surface area contributed by atoms with Crippen LogP contribution in [0, 0.1) is 5.41 Å². The van der Waals surface area contributed by atoms with Crippen LogP contribution < -0.4 is 11.1 Å². The molecular weight excluding hydrogens is 480 g/mol. The first-order valence-electron chi connectivity index (χ1n) is 13.5. The van der Waals surface area contributed by atoms with Crippen LogP contribution in [0.5, 0.6) is 0 Å². The Morgan fingerprint density at radius 2 is 1.82 bits per heavy atom. The molecule has 8 heteroatoms. The summed E-state index contributed by atoms with van der Waals surface area (Å²) in [6, 6.07) is 18.9. The average Bonchev–Trinajstić information content (AvgIpc) is 3.17. The van der Waals surface area contributed by atoms with Crippen LogP contribution in [0.2, 0.25) is 0 Å². The summed E-state index contributed by atoms with van der Waals surface area (Å²) in [6.45, 7) is 5.28. The van der Waals surface area contributed by atoms with Crippen molar-refractivity contribution in [1.29, 1.82) is 0 Å². The molecule has 0 aliphatic carbocycles. The normalized spacial score (nSPS) is 23.8.